The fourth-order valence-corrected chi connectivity index (χ4v) is 1.07. The second kappa shape index (κ2) is 16.8. The molecule has 0 aromatic heterocycles. The maximum Gasteiger partial charge on any atom is 1.00 e. The second-order valence-corrected chi connectivity index (χ2v) is 3.56. The van der Waals surface area contributed by atoms with Gasteiger partial charge < -0.3 is 15.0 Å². The monoisotopic (exact) mass is 290 g/mol. The van der Waals surface area contributed by atoms with Gasteiger partial charge in [-0.1, -0.05) is 71.8 Å². The smallest absolute Gasteiger partial charge is 0.652 e. The van der Waals surface area contributed by atoms with Gasteiger partial charge in [-0.25, -0.2) is 0 Å². The van der Waals surface area contributed by atoms with Gasteiger partial charge in [0.15, 0.2) is 0 Å². The third-order valence-electron chi connectivity index (χ3n) is 1.88. The van der Waals surface area contributed by atoms with E-state index in [2.05, 4.69) is 38.1 Å². The van der Waals surface area contributed by atoms with Crippen LogP contribution in [0.15, 0.2) is 60.7 Å². The number of carbonyl (C=O) groups is 1. The van der Waals surface area contributed by atoms with Crippen LogP contribution < -0.4 is 69.3 Å². The van der Waals surface area contributed by atoms with E-state index in [-0.39, 0.29) is 59.1 Å². The first kappa shape index (κ1) is 24.7. The van der Waals surface area contributed by atoms with E-state index in [4.69, 9.17) is 15.0 Å². The molecule has 5 heteroatoms. The fraction of sp³-hybridized carbons (Fsp3) is 0.133. The van der Waals surface area contributed by atoms with Crippen molar-refractivity contribution in [3.63, 3.8) is 0 Å². The summed E-state index contributed by atoms with van der Waals surface area (Å²) in [4.78, 5) is 8.33. The summed E-state index contributed by atoms with van der Waals surface area (Å²) < 4.78 is 0. The van der Waals surface area contributed by atoms with E-state index < -0.39 is 6.16 Å². The molecule has 3 nitrogen and oxygen atoms in total. The molecule has 20 heavy (non-hydrogen) atoms. The first-order valence-corrected chi connectivity index (χ1v) is 5.43. The molecule has 2 aromatic carbocycles. The molecule has 0 atom stereocenters. The average Bonchev–Trinajstić information content (AvgIpc) is 2.31. The molecule has 0 aliphatic heterocycles. The van der Waals surface area contributed by atoms with E-state index in [1.54, 1.807) is 0 Å². The van der Waals surface area contributed by atoms with Crippen molar-refractivity contribution in [3.05, 3.63) is 71.8 Å². The summed E-state index contributed by atoms with van der Waals surface area (Å²) in [5.41, 5.74) is 2.64. The summed E-state index contributed by atoms with van der Waals surface area (Å²) in [5, 5.41) is 16.7. The van der Waals surface area contributed by atoms with E-state index in [0.29, 0.717) is 0 Å². The standard InChI is InChI=1S/2C7H8.CH2O3.2Na/c2*1-7-5-3-2-4-6-7;2-1(3)4;;/h2*2-6H,1H3;(H2,2,3,4);;/q;;;2*+1/p-2. The zero-order valence-electron chi connectivity index (χ0n) is 12.5. The minimum atomic E-state index is -2.33. The Morgan fingerprint density at radius 2 is 0.900 bits per heavy atom. The van der Waals surface area contributed by atoms with Crippen LogP contribution in [0.3, 0.4) is 0 Å². The third-order valence-corrected chi connectivity index (χ3v) is 1.88. The molecule has 0 saturated heterocycles. The van der Waals surface area contributed by atoms with Crippen molar-refractivity contribution in [2.24, 2.45) is 0 Å². The number of hydrogen-bond acceptors (Lipinski definition) is 3. The summed E-state index contributed by atoms with van der Waals surface area (Å²) >= 11 is 0. The molecule has 0 radical (unpaired) electrons. The van der Waals surface area contributed by atoms with Crippen LogP contribution in [0.4, 0.5) is 4.79 Å². The first-order valence-electron chi connectivity index (χ1n) is 5.43. The van der Waals surface area contributed by atoms with Crippen LogP contribution in [0, 0.1) is 13.8 Å². The third kappa shape index (κ3) is 20.0. The van der Waals surface area contributed by atoms with Crippen molar-refractivity contribution in [1.29, 1.82) is 0 Å². The van der Waals surface area contributed by atoms with Gasteiger partial charge in [-0.2, -0.15) is 0 Å². The Balaban J connectivity index is -0.000000215. The predicted octanol–water partition coefficient (Wildman–Crippen LogP) is -4.45. The summed E-state index contributed by atoms with van der Waals surface area (Å²) in [6.45, 7) is 4.17. The minimum Gasteiger partial charge on any atom is -0.652 e. The molecule has 0 saturated carbocycles. The number of rotatable bonds is 0. The van der Waals surface area contributed by atoms with Crippen molar-refractivity contribution >= 4 is 6.16 Å². The van der Waals surface area contributed by atoms with Crippen LogP contribution >= 0.6 is 0 Å². The van der Waals surface area contributed by atoms with Crippen molar-refractivity contribution < 1.29 is 74.1 Å². The summed E-state index contributed by atoms with van der Waals surface area (Å²) in [6, 6.07) is 20.5. The Morgan fingerprint density at radius 3 is 1.00 bits per heavy atom. The normalized spacial score (nSPS) is 7.30. The van der Waals surface area contributed by atoms with Crippen LogP contribution in [0.1, 0.15) is 11.1 Å². The molecule has 0 heterocycles. The largest absolute Gasteiger partial charge is 1.00 e. The summed E-state index contributed by atoms with van der Waals surface area (Å²) in [7, 11) is 0. The van der Waals surface area contributed by atoms with Gasteiger partial charge in [0.25, 0.3) is 0 Å². The van der Waals surface area contributed by atoms with Gasteiger partial charge in [0.1, 0.15) is 0 Å². The first-order chi connectivity index (χ1) is 8.52. The molecule has 0 aliphatic rings. The van der Waals surface area contributed by atoms with E-state index in [0.717, 1.165) is 0 Å². The zero-order valence-corrected chi connectivity index (χ0v) is 16.5. The van der Waals surface area contributed by atoms with Crippen LogP contribution in [-0.4, -0.2) is 6.16 Å². The molecular formula is C15H16Na2O3. The van der Waals surface area contributed by atoms with Crippen molar-refractivity contribution in [1.82, 2.24) is 0 Å². The van der Waals surface area contributed by atoms with Crippen LogP contribution in [0.25, 0.3) is 0 Å². The molecular weight excluding hydrogens is 274 g/mol. The van der Waals surface area contributed by atoms with E-state index in [9.17, 15) is 0 Å². The molecule has 0 N–H and O–H groups in total. The Kier molecular flexibility index (Phi) is 20.7. The molecule has 96 valence electrons. The average molecular weight is 290 g/mol. The van der Waals surface area contributed by atoms with Gasteiger partial charge in [0, 0.05) is 0 Å². The number of hydrogen-bond donors (Lipinski definition) is 0. The van der Waals surface area contributed by atoms with Gasteiger partial charge in [-0.3, -0.25) is 0 Å². The second-order valence-electron chi connectivity index (χ2n) is 3.56. The van der Waals surface area contributed by atoms with Crippen LogP contribution in [0.2, 0.25) is 0 Å². The molecule has 0 unspecified atom stereocenters. The number of carboxylic acid groups (broad SMARTS) is 2. The topological polar surface area (TPSA) is 63.2 Å². The molecule has 0 aliphatic carbocycles. The van der Waals surface area contributed by atoms with Crippen LogP contribution in [0.5, 0.6) is 0 Å². The number of aryl methyl sites for hydroxylation is 2. The summed E-state index contributed by atoms with van der Waals surface area (Å²) in [6.07, 6.45) is -2.33. The molecule has 0 amide bonds. The van der Waals surface area contributed by atoms with Crippen molar-refractivity contribution in [2.75, 3.05) is 0 Å². The Morgan fingerprint density at radius 1 is 0.700 bits per heavy atom. The maximum absolute atomic E-state index is 8.33. The zero-order chi connectivity index (χ0) is 13.8. The van der Waals surface area contributed by atoms with E-state index in [1.165, 1.54) is 11.1 Å². The maximum atomic E-state index is 8.33. The van der Waals surface area contributed by atoms with Crippen molar-refractivity contribution in [2.45, 2.75) is 13.8 Å². The number of benzene rings is 2. The van der Waals surface area contributed by atoms with Crippen molar-refractivity contribution in [3.8, 4) is 0 Å². The molecule has 0 fully saturated rings. The number of carbonyl (C=O) groups excluding carboxylic acids is 1. The molecule has 2 rings (SSSR count). The van der Waals surface area contributed by atoms with Gasteiger partial charge >= 0.3 is 59.1 Å². The van der Waals surface area contributed by atoms with Gasteiger partial charge in [0.05, 0.1) is 0 Å². The Hall–Kier alpha value is -0.290. The Bertz CT molecular complexity index is 392. The van der Waals surface area contributed by atoms with Gasteiger partial charge in [-0.15, -0.1) is 0 Å². The van der Waals surface area contributed by atoms with Gasteiger partial charge in [-0.05, 0) is 20.0 Å². The minimum absolute atomic E-state index is 0. The quantitative estimate of drug-likeness (QED) is 0.460. The van der Waals surface area contributed by atoms with E-state index in [1.807, 2.05) is 36.4 Å². The fourth-order valence-electron chi connectivity index (χ4n) is 1.07. The van der Waals surface area contributed by atoms with Crippen LogP contribution in [-0.2, 0) is 0 Å². The molecule has 0 spiro atoms. The molecule has 0 bridgehead atoms. The Labute approximate surface area is 164 Å². The van der Waals surface area contributed by atoms with Gasteiger partial charge in [0.2, 0.25) is 0 Å². The predicted molar refractivity (Wildman–Crippen MR) is 67.8 cm³/mol. The SMILES string of the molecule is Cc1ccccc1.Cc1ccccc1.O=C([O-])[O-].[Na+].[Na+]. The summed E-state index contributed by atoms with van der Waals surface area (Å²) in [5.74, 6) is 0. The van der Waals surface area contributed by atoms with E-state index >= 15 is 0 Å². The molecule has 2 aromatic rings.